The maximum Gasteiger partial charge on any atom is 0.321 e. The zero-order valence-electron chi connectivity index (χ0n) is 17.3. The van der Waals surface area contributed by atoms with Crippen LogP contribution in [0.5, 0.6) is 5.75 Å². The Hall–Kier alpha value is -3.35. The van der Waals surface area contributed by atoms with Crippen molar-refractivity contribution in [1.29, 1.82) is 0 Å². The molecule has 1 atom stereocenters. The van der Waals surface area contributed by atoms with Gasteiger partial charge in [0.2, 0.25) is 11.7 Å². The van der Waals surface area contributed by atoms with E-state index in [1.807, 2.05) is 53.4 Å². The minimum Gasteiger partial charge on any atom is -0.497 e. The Morgan fingerprint density at radius 2 is 2.10 bits per heavy atom. The highest BCUT2D eigenvalue weighted by Crippen LogP contribution is 2.29. The van der Waals surface area contributed by atoms with Crippen molar-refractivity contribution in [3.63, 3.8) is 0 Å². The van der Waals surface area contributed by atoms with Gasteiger partial charge < -0.3 is 19.5 Å². The molecule has 1 aromatic heterocycles. The lowest BCUT2D eigenvalue weighted by molar-refractivity contribution is 0.184. The van der Waals surface area contributed by atoms with Crippen molar-refractivity contribution in [3.05, 3.63) is 60.0 Å². The number of carbonyl (C=O) groups is 1. The van der Waals surface area contributed by atoms with Crippen molar-refractivity contribution < 1.29 is 14.1 Å². The Bertz CT molecular complexity index is 1000. The van der Waals surface area contributed by atoms with E-state index in [4.69, 9.17) is 9.26 Å². The molecule has 2 aromatic carbocycles. The third kappa shape index (κ3) is 4.45. The van der Waals surface area contributed by atoms with Crippen LogP contribution in [0.1, 0.15) is 37.1 Å². The van der Waals surface area contributed by atoms with Gasteiger partial charge in [0.15, 0.2) is 0 Å². The smallest absolute Gasteiger partial charge is 0.321 e. The van der Waals surface area contributed by atoms with Gasteiger partial charge in [0.1, 0.15) is 5.75 Å². The van der Waals surface area contributed by atoms with Gasteiger partial charge in [-0.1, -0.05) is 36.3 Å². The summed E-state index contributed by atoms with van der Waals surface area (Å²) in [6, 6.07) is 15.4. The molecule has 0 saturated carbocycles. The summed E-state index contributed by atoms with van der Waals surface area (Å²) in [5.74, 6) is 1.87. The highest BCUT2D eigenvalue weighted by atomic mass is 16.5. The first-order valence-corrected chi connectivity index (χ1v) is 10.3. The van der Waals surface area contributed by atoms with Crippen LogP contribution < -0.4 is 10.1 Å². The number of hydrogen-bond acceptors (Lipinski definition) is 5. The number of amides is 2. The summed E-state index contributed by atoms with van der Waals surface area (Å²) in [4.78, 5) is 19.1. The number of nitrogens with zero attached hydrogens (tertiary/aromatic N) is 3. The van der Waals surface area contributed by atoms with Gasteiger partial charge in [0.05, 0.1) is 13.0 Å². The molecule has 1 N–H and O–H groups in total. The molecule has 30 heavy (non-hydrogen) atoms. The Kier molecular flexibility index (Phi) is 5.97. The number of nitrogens with one attached hydrogen (secondary N) is 1. The van der Waals surface area contributed by atoms with Gasteiger partial charge in [-0.05, 0) is 49.1 Å². The largest absolute Gasteiger partial charge is 0.497 e. The van der Waals surface area contributed by atoms with Crippen LogP contribution in [-0.4, -0.2) is 41.3 Å². The van der Waals surface area contributed by atoms with E-state index < -0.39 is 0 Å². The molecule has 0 spiro atoms. The molecule has 1 aliphatic heterocycles. The Morgan fingerprint density at radius 1 is 1.27 bits per heavy atom. The van der Waals surface area contributed by atoms with Crippen molar-refractivity contribution in [1.82, 2.24) is 15.0 Å². The monoisotopic (exact) mass is 406 g/mol. The van der Waals surface area contributed by atoms with Gasteiger partial charge >= 0.3 is 6.03 Å². The number of urea groups is 1. The quantitative estimate of drug-likeness (QED) is 0.663. The molecule has 0 bridgehead atoms. The minimum absolute atomic E-state index is 0.0267. The van der Waals surface area contributed by atoms with Crippen molar-refractivity contribution >= 4 is 11.7 Å². The Balaban J connectivity index is 1.42. The third-order valence-electron chi connectivity index (χ3n) is 5.44. The second kappa shape index (κ2) is 8.98. The zero-order valence-corrected chi connectivity index (χ0v) is 17.3. The summed E-state index contributed by atoms with van der Waals surface area (Å²) in [5, 5.41) is 7.12. The molecule has 2 amide bonds. The lowest BCUT2D eigenvalue weighted by Crippen LogP contribution is -2.41. The number of rotatable bonds is 5. The molecule has 1 fully saturated rings. The standard InChI is InChI=1S/C23H26N4O3/c1-3-16-9-11-19(12-10-16)24-23(28)27-13-5-7-18(15-27)22-25-21(26-30-22)17-6-4-8-20(14-17)29-2/h4,6,8-12,14,18H,3,5,7,13,15H2,1-2H3,(H,24,28). The molecular formula is C23H26N4O3. The average molecular weight is 406 g/mol. The number of hydrogen-bond donors (Lipinski definition) is 1. The van der Waals surface area contributed by atoms with Crippen molar-refractivity contribution in [2.45, 2.75) is 32.1 Å². The highest BCUT2D eigenvalue weighted by molar-refractivity contribution is 5.89. The van der Waals surface area contributed by atoms with E-state index in [1.54, 1.807) is 7.11 Å². The topological polar surface area (TPSA) is 80.5 Å². The summed E-state index contributed by atoms with van der Waals surface area (Å²) in [5.41, 5.74) is 2.89. The minimum atomic E-state index is -0.100. The summed E-state index contributed by atoms with van der Waals surface area (Å²) >= 11 is 0. The average Bonchev–Trinajstić information content (AvgIpc) is 3.30. The fourth-order valence-corrected chi connectivity index (χ4v) is 3.67. The molecular weight excluding hydrogens is 380 g/mol. The first-order valence-electron chi connectivity index (χ1n) is 10.3. The lowest BCUT2D eigenvalue weighted by Gasteiger charge is -2.31. The van der Waals surface area contributed by atoms with Gasteiger partial charge in [-0.15, -0.1) is 0 Å². The van der Waals surface area contributed by atoms with Gasteiger partial charge in [0, 0.05) is 24.3 Å². The van der Waals surface area contributed by atoms with Crippen LogP contribution in [0, 0.1) is 0 Å². The van der Waals surface area contributed by atoms with Crippen molar-refractivity contribution in [2.24, 2.45) is 0 Å². The van der Waals surface area contributed by atoms with Gasteiger partial charge in [-0.3, -0.25) is 0 Å². The van der Waals surface area contributed by atoms with E-state index in [0.717, 1.165) is 36.3 Å². The van der Waals surface area contributed by atoms with Gasteiger partial charge in [0.25, 0.3) is 0 Å². The molecule has 156 valence electrons. The first kappa shape index (κ1) is 19.9. The second-order valence-electron chi connectivity index (χ2n) is 7.45. The van der Waals surface area contributed by atoms with Gasteiger partial charge in [-0.25, -0.2) is 4.79 Å². The SMILES string of the molecule is CCc1ccc(NC(=O)N2CCCC(c3nc(-c4cccc(OC)c4)no3)C2)cc1. The van der Waals surface area contributed by atoms with E-state index in [-0.39, 0.29) is 11.9 Å². The van der Waals surface area contributed by atoms with E-state index in [0.29, 0.717) is 24.8 Å². The number of benzene rings is 2. The van der Waals surface area contributed by atoms with Gasteiger partial charge in [-0.2, -0.15) is 4.98 Å². The zero-order chi connectivity index (χ0) is 20.9. The number of methoxy groups -OCH3 is 1. The molecule has 7 heteroatoms. The van der Waals surface area contributed by atoms with Crippen molar-refractivity contribution in [2.75, 3.05) is 25.5 Å². The molecule has 2 heterocycles. The maximum absolute atomic E-state index is 12.7. The molecule has 1 saturated heterocycles. The Morgan fingerprint density at radius 3 is 2.87 bits per heavy atom. The van der Waals surface area contributed by atoms with Crippen LogP contribution in [0.3, 0.4) is 0 Å². The van der Waals surface area contributed by atoms with E-state index in [1.165, 1.54) is 5.56 Å². The third-order valence-corrected chi connectivity index (χ3v) is 5.44. The molecule has 7 nitrogen and oxygen atoms in total. The van der Waals surface area contributed by atoms with Crippen molar-refractivity contribution in [3.8, 4) is 17.1 Å². The van der Waals surface area contributed by atoms with E-state index in [2.05, 4.69) is 22.4 Å². The predicted molar refractivity (Wildman–Crippen MR) is 115 cm³/mol. The number of carbonyl (C=O) groups excluding carboxylic acids is 1. The van der Waals surface area contributed by atoms with Crippen LogP contribution >= 0.6 is 0 Å². The highest BCUT2D eigenvalue weighted by Gasteiger charge is 2.29. The summed E-state index contributed by atoms with van der Waals surface area (Å²) in [6.45, 7) is 3.38. The number of aromatic nitrogens is 2. The van der Waals surface area contributed by atoms with Crippen LogP contribution in [-0.2, 0) is 6.42 Å². The summed E-state index contributed by atoms with van der Waals surface area (Å²) < 4.78 is 10.8. The van der Waals surface area contributed by atoms with E-state index in [9.17, 15) is 4.79 Å². The summed E-state index contributed by atoms with van der Waals surface area (Å²) in [6.07, 6.45) is 2.78. The predicted octanol–water partition coefficient (Wildman–Crippen LogP) is 4.72. The molecule has 1 aliphatic rings. The van der Waals surface area contributed by atoms with Crippen LogP contribution in [0.4, 0.5) is 10.5 Å². The number of anilines is 1. The normalized spacial score (nSPS) is 16.3. The number of piperidine rings is 1. The maximum atomic E-state index is 12.7. The molecule has 3 aromatic rings. The van der Waals surface area contributed by atoms with E-state index >= 15 is 0 Å². The first-order chi connectivity index (χ1) is 14.7. The summed E-state index contributed by atoms with van der Waals surface area (Å²) in [7, 11) is 1.63. The Labute approximate surface area is 176 Å². The molecule has 4 rings (SSSR count). The fraction of sp³-hybridized carbons (Fsp3) is 0.348. The van der Waals surface area contributed by atoms with Crippen LogP contribution in [0.25, 0.3) is 11.4 Å². The second-order valence-corrected chi connectivity index (χ2v) is 7.45. The lowest BCUT2D eigenvalue weighted by atomic mass is 9.98. The molecule has 0 aliphatic carbocycles. The molecule has 0 radical (unpaired) electrons. The van der Waals surface area contributed by atoms with Crippen LogP contribution in [0.15, 0.2) is 53.1 Å². The van der Waals surface area contributed by atoms with Crippen LogP contribution in [0.2, 0.25) is 0 Å². The number of ether oxygens (including phenoxy) is 1. The number of aryl methyl sites for hydroxylation is 1. The molecule has 1 unspecified atom stereocenters. The fourth-order valence-electron chi connectivity index (χ4n) is 3.67. The number of likely N-dealkylation sites (tertiary alicyclic amines) is 1.